The van der Waals surface area contributed by atoms with Crippen molar-refractivity contribution in [1.82, 2.24) is 9.78 Å². The van der Waals surface area contributed by atoms with Gasteiger partial charge in [0.2, 0.25) is 0 Å². The highest BCUT2D eigenvalue weighted by Gasteiger charge is 2.16. The van der Waals surface area contributed by atoms with Crippen molar-refractivity contribution < 1.29 is 0 Å². The monoisotopic (exact) mass is 453 g/mol. The molecule has 5 heteroatoms. The van der Waals surface area contributed by atoms with Crippen LogP contribution in [0.4, 0.5) is 5.82 Å². The second-order valence-corrected chi connectivity index (χ2v) is 6.83. The number of benzene rings is 2. The molecule has 0 aliphatic carbocycles. The fourth-order valence-corrected chi connectivity index (χ4v) is 3.14. The van der Waals surface area contributed by atoms with Gasteiger partial charge in [-0.2, -0.15) is 5.10 Å². The molecule has 2 N–H and O–H groups in total. The van der Waals surface area contributed by atoms with E-state index >= 15 is 0 Å². The Morgan fingerprint density at radius 2 is 1.86 bits per heavy atom. The van der Waals surface area contributed by atoms with Gasteiger partial charge in [-0.1, -0.05) is 34.1 Å². The van der Waals surface area contributed by atoms with Crippen LogP contribution in [0.2, 0.25) is 0 Å². The number of nitrogens with zero attached hydrogens (tertiary/aromatic N) is 2. The van der Waals surface area contributed by atoms with Crippen LogP contribution in [0, 0.1) is 10.5 Å². The molecule has 0 unspecified atom stereocenters. The summed E-state index contributed by atoms with van der Waals surface area (Å²) in [4.78, 5) is 0. The lowest BCUT2D eigenvalue weighted by molar-refractivity contribution is 0.895. The predicted molar refractivity (Wildman–Crippen MR) is 98.6 cm³/mol. The minimum absolute atomic E-state index is 0.668. The van der Waals surface area contributed by atoms with Gasteiger partial charge in [0.25, 0.3) is 0 Å². The molecule has 1 aromatic heterocycles. The van der Waals surface area contributed by atoms with Crippen LogP contribution in [0.5, 0.6) is 0 Å². The number of nitrogens with two attached hydrogens (primary N) is 1. The van der Waals surface area contributed by atoms with Crippen molar-refractivity contribution in [1.29, 1.82) is 0 Å². The van der Waals surface area contributed by atoms with Gasteiger partial charge in [-0.3, -0.25) is 0 Å². The molecule has 0 fully saturated rings. The van der Waals surface area contributed by atoms with Gasteiger partial charge in [0.15, 0.2) is 0 Å². The molecule has 0 atom stereocenters. The van der Waals surface area contributed by atoms with E-state index in [1.165, 1.54) is 0 Å². The summed E-state index contributed by atoms with van der Waals surface area (Å²) < 4.78 is 3.97. The maximum Gasteiger partial charge on any atom is 0.130 e. The smallest absolute Gasteiger partial charge is 0.130 e. The van der Waals surface area contributed by atoms with E-state index in [4.69, 9.17) is 10.8 Å². The Kier molecular flexibility index (Phi) is 4.03. The summed E-state index contributed by atoms with van der Waals surface area (Å²) in [6, 6.07) is 16.1. The topological polar surface area (TPSA) is 43.8 Å². The fraction of sp³-hybridized carbons (Fsp3) is 0.0625. The Labute approximate surface area is 145 Å². The molecule has 0 bridgehead atoms. The number of halogens is 2. The summed E-state index contributed by atoms with van der Waals surface area (Å²) in [6.07, 6.45) is 0. The van der Waals surface area contributed by atoms with Crippen LogP contribution in [-0.2, 0) is 0 Å². The van der Waals surface area contributed by atoms with Gasteiger partial charge in [0, 0.05) is 19.2 Å². The van der Waals surface area contributed by atoms with Crippen molar-refractivity contribution in [2.75, 3.05) is 5.73 Å². The van der Waals surface area contributed by atoms with E-state index in [0.29, 0.717) is 5.82 Å². The van der Waals surface area contributed by atoms with Crippen LogP contribution in [0.3, 0.4) is 0 Å². The van der Waals surface area contributed by atoms with Crippen molar-refractivity contribution in [3.05, 3.63) is 62.1 Å². The Balaban J connectivity index is 2.20. The highest BCUT2D eigenvalue weighted by molar-refractivity contribution is 14.1. The van der Waals surface area contributed by atoms with Crippen LogP contribution < -0.4 is 5.73 Å². The summed E-state index contributed by atoms with van der Waals surface area (Å²) in [5, 5.41) is 4.71. The largest absolute Gasteiger partial charge is 0.383 e. The maximum atomic E-state index is 6.24. The quantitative estimate of drug-likeness (QED) is 0.566. The lowest BCUT2D eigenvalue weighted by Crippen LogP contribution is -2.01. The Bertz CT molecular complexity index is 797. The molecule has 3 aromatic rings. The van der Waals surface area contributed by atoms with Gasteiger partial charge in [0.1, 0.15) is 5.82 Å². The zero-order valence-electron chi connectivity index (χ0n) is 11.3. The van der Waals surface area contributed by atoms with Gasteiger partial charge in [-0.15, -0.1) is 0 Å². The van der Waals surface area contributed by atoms with E-state index in [9.17, 15) is 0 Å². The summed E-state index contributed by atoms with van der Waals surface area (Å²) in [5.41, 5.74) is 10.2. The van der Waals surface area contributed by atoms with Gasteiger partial charge in [-0.25, -0.2) is 4.68 Å². The summed E-state index contributed by atoms with van der Waals surface area (Å²) in [6.45, 7) is 2.00. The molecule has 0 aliphatic rings. The molecule has 1 heterocycles. The summed E-state index contributed by atoms with van der Waals surface area (Å²) in [5.74, 6) is 0.668. The average molecular weight is 454 g/mol. The second kappa shape index (κ2) is 5.81. The van der Waals surface area contributed by atoms with Crippen LogP contribution in [0.25, 0.3) is 16.9 Å². The number of hydrogen-bond donors (Lipinski definition) is 1. The van der Waals surface area contributed by atoms with Crippen LogP contribution in [0.1, 0.15) is 5.56 Å². The van der Waals surface area contributed by atoms with Crippen molar-refractivity contribution in [3.63, 3.8) is 0 Å². The summed E-state index contributed by atoms with van der Waals surface area (Å²) in [7, 11) is 0. The molecule has 0 radical (unpaired) electrons. The first-order chi connectivity index (χ1) is 10.1. The van der Waals surface area contributed by atoms with Gasteiger partial charge in [0.05, 0.1) is 11.4 Å². The highest BCUT2D eigenvalue weighted by Crippen LogP contribution is 2.34. The van der Waals surface area contributed by atoms with Crippen LogP contribution >= 0.6 is 38.5 Å². The minimum atomic E-state index is 0.668. The molecule has 3 rings (SSSR count). The van der Waals surface area contributed by atoms with Crippen molar-refractivity contribution in [2.24, 2.45) is 0 Å². The van der Waals surface area contributed by atoms with Crippen molar-refractivity contribution in [3.8, 4) is 16.9 Å². The second-order valence-electron chi connectivity index (χ2n) is 4.73. The minimum Gasteiger partial charge on any atom is -0.383 e. The Morgan fingerprint density at radius 1 is 1.14 bits per heavy atom. The number of para-hydroxylation sites is 1. The normalized spacial score (nSPS) is 10.8. The van der Waals surface area contributed by atoms with E-state index in [1.54, 1.807) is 4.68 Å². The first-order valence-corrected chi connectivity index (χ1v) is 8.31. The predicted octanol–water partition coefficient (Wildman–Crippen LogP) is 4.80. The van der Waals surface area contributed by atoms with Gasteiger partial charge >= 0.3 is 0 Å². The van der Waals surface area contributed by atoms with E-state index in [0.717, 1.165) is 30.6 Å². The molecule has 106 valence electrons. The fourth-order valence-electron chi connectivity index (χ4n) is 2.21. The number of hydrogen-bond acceptors (Lipinski definition) is 2. The molecular weight excluding hydrogens is 441 g/mol. The molecule has 21 heavy (non-hydrogen) atoms. The van der Waals surface area contributed by atoms with E-state index in [1.807, 2.05) is 43.3 Å². The van der Waals surface area contributed by atoms with Crippen molar-refractivity contribution >= 4 is 44.3 Å². The number of anilines is 1. The Hall–Kier alpha value is -1.34. The van der Waals surface area contributed by atoms with Gasteiger partial charge in [-0.05, 0) is 59.8 Å². The van der Waals surface area contributed by atoms with Crippen LogP contribution in [-0.4, -0.2) is 9.78 Å². The third-order valence-electron chi connectivity index (χ3n) is 3.35. The number of rotatable bonds is 2. The molecule has 2 aromatic carbocycles. The van der Waals surface area contributed by atoms with Gasteiger partial charge < -0.3 is 5.73 Å². The van der Waals surface area contributed by atoms with E-state index in [2.05, 4.69) is 50.7 Å². The zero-order valence-corrected chi connectivity index (χ0v) is 15.1. The standard InChI is InChI=1S/C16H13BrIN3/c1-10-15(13-9-11(18)7-8-14(13)17)20-21(16(10)19)12-5-3-2-4-6-12/h2-9H,19H2,1H3. The van der Waals surface area contributed by atoms with E-state index in [-0.39, 0.29) is 0 Å². The third kappa shape index (κ3) is 2.72. The molecule has 3 nitrogen and oxygen atoms in total. The molecular formula is C16H13BrIN3. The molecule has 0 saturated carbocycles. The molecule has 0 saturated heterocycles. The van der Waals surface area contributed by atoms with Crippen LogP contribution in [0.15, 0.2) is 53.0 Å². The number of aromatic nitrogens is 2. The summed E-state index contributed by atoms with van der Waals surface area (Å²) >= 11 is 5.90. The lowest BCUT2D eigenvalue weighted by Gasteiger charge is -2.03. The highest BCUT2D eigenvalue weighted by atomic mass is 127. The zero-order chi connectivity index (χ0) is 15.0. The maximum absolute atomic E-state index is 6.24. The first-order valence-electron chi connectivity index (χ1n) is 6.44. The number of nitrogen functional groups attached to an aromatic ring is 1. The first kappa shape index (κ1) is 14.6. The average Bonchev–Trinajstić information content (AvgIpc) is 2.79. The third-order valence-corrected chi connectivity index (χ3v) is 4.71. The Morgan fingerprint density at radius 3 is 2.57 bits per heavy atom. The van der Waals surface area contributed by atoms with E-state index < -0.39 is 0 Å². The molecule has 0 spiro atoms. The molecule has 0 aliphatic heterocycles. The SMILES string of the molecule is Cc1c(-c2cc(I)ccc2Br)nn(-c2ccccc2)c1N. The molecule has 0 amide bonds. The lowest BCUT2D eigenvalue weighted by atomic mass is 10.1. The van der Waals surface area contributed by atoms with Crippen molar-refractivity contribution in [2.45, 2.75) is 6.92 Å².